The first-order valence-corrected chi connectivity index (χ1v) is 9.05. The van der Waals surface area contributed by atoms with Gasteiger partial charge in [0.1, 0.15) is 17.0 Å². The van der Waals surface area contributed by atoms with E-state index in [1.807, 2.05) is 32.9 Å². The smallest absolute Gasteiger partial charge is 0.273 e. The molecule has 0 spiro atoms. The molecule has 24 heavy (non-hydrogen) atoms. The molecule has 0 atom stereocenters. The van der Waals surface area contributed by atoms with Crippen molar-refractivity contribution in [2.75, 3.05) is 7.11 Å². The van der Waals surface area contributed by atoms with Crippen LogP contribution in [0.2, 0.25) is 0 Å². The quantitative estimate of drug-likeness (QED) is 0.728. The van der Waals surface area contributed by atoms with Crippen LogP contribution in [0.15, 0.2) is 53.7 Å². The maximum absolute atomic E-state index is 13.2. The average Bonchev–Trinajstić information content (AvgIpc) is 2.98. The molecule has 0 bridgehead atoms. The first-order valence-electron chi connectivity index (χ1n) is 7.61. The topological polar surface area (TPSA) is 61.2 Å². The van der Waals surface area contributed by atoms with Crippen LogP contribution in [-0.2, 0) is 15.4 Å². The summed E-state index contributed by atoms with van der Waals surface area (Å²) in [6, 6.07) is 12.4. The number of benzene rings is 2. The highest BCUT2D eigenvalue weighted by Crippen LogP contribution is 2.32. The summed E-state index contributed by atoms with van der Waals surface area (Å²) in [4.78, 5) is 4.32. The standard InChI is InChI=1S/C18H20N2O3S/c1-18(2,3)13-9-10-16(23-4)17(11-13)24(21,22)20-12-19-14-7-5-6-8-15(14)20/h5-12H,1-4H3. The largest absolute Gasteiger partial charge is 0.495 e. The van der Waals surface area contributed by atoms with Crippen LogP contribution in [0.25, 0.3) is 11.0 Å². The third kappa shape index (κ3) is 2.67. The molecule has 0 amide bonds. The van der Waals surface area contributed by atoms with Crippen molar-refractivity contribution in [3.63, 3.8) is 0 Å². The molecule has 0 unspecified atom stereocenters. The molecule has 0 radical (unpaired) electrons. The number of aromatic nitrogens is 2. The van der Waals surface area contributed by atoms with Gasteiger partial charge in [-0.05, 0) is 35.2 Å². The van der Waals surface area contributed by atoms with Crippen molar-refractivity contribution in [2.45, 2.75) is 31.1 Å². The molecule has 126 valence electrons. The number of ether oxygens (including phenoxy) is 1. The van der Waals surface area contributed by atoms with Crippen LogP contribution in [0.3, 0.4) is 0 Å². The lowest BCUT2D eigenvalue weighted by Crippen LogP contribution is -2.16. The van der Waals surface area contributed by atoms with E-state index in [9.17, 15) is 8.42 Å². The average molecular weight is 344 g/mol. The Morgan fingerprint density at radius 2 is 1.79 bits per heavy atom. The zero-order valence-electron chi connectivity index (χ0n) is 14.1. The fourth-order valence-electron chi connectivity index (χ4n) is 2.58. The van der Waals surface area contributed by atoms with Crippen LogP contribution in [0.1, 0.15) is 26.3 Å². The first-order chi connectivity index (χ1) is 11.2. The van der Waals surface area contributed by atoms with Crippen molar-refractivity contribution in [3.05, 3.63) is 54.4 Å². The molecule has 0 N–H and O–H groups in total. The molecule has 1 aromatic heterocycles. The summed E-state index contributed by atoms with van der Waals surface area (Å²) >= 11 is 0. The minimum Gasteiger partial charge on any atom is -0.495 e. The molecule has 0 aliphatic rings. The van der Waals surface area contributed by atoms with Gasteiger partial charge in [0.05, 0.1) is 18.1 Å². The molecule has 2 aromatic carbocycles. The Labute approximate surface area is 142 Å². The molecule has 3 rings (SSSR count). The van der Waals surface area contributed by atoms with Gasteiger partial charge in [-0.25, -0.2) is 17.4 Å². The van der Waals surface area contributed by atoms with Crippen molar-refractivity contribution in [2.24, 2.45) is 0 Å². The SMILES string of the molecule is COc1ccc(C(C)(C)C)cc1S(=O)(=O)n1cnc2ccccc21. The second-order valence-electron chi connectivity index (χ2n) is 6.65. The second kappa shape index (κ2) is 5.63. The monoisotopic (exact) mass is 344 g/mol. The van der Waals surface area contributed by atoms with Gasteiger partial charge in [-0.2, -0.15) is 0 Å². The third-order valence-electron chi connectivity index (χ3n) is 3.99. The van der Waals surface area contributed by atoms with E-state index >= 15 is 0 Å². The number of hydrogen-bond acceptors (Lipinski definition) is 4. The summed E-state index contributed by atoms with van der Waals surface area (Å²) < 4.78 is 32.9. The zero-order valence-corrected chi connectivity index (χ0v) is 15.0. The molecule has 3 aromatic rings. The molecule has 0 saturated carbocycles. The molecule has 0 fully saturated rings. The summed E-state index contributed by atoms with van der Waals surface area (Å²) in [6.45, 7) is 6.12. The van der Waals surface area contributed by atoms with Gasteiger partial charge in [-0.1, -0.05) is 39.0 Å². The minimum atomic E-state index is -3.82. The summed E-state index contributed by atoms with van der Waals surface area (Å²) in [5.41, 5.74) is 1.92. The van der Waals surface area contributed by atoms with Crippen LogP contribution in [0, 0.1) is 0 Å². The van der Waals surface area contributed by atoms with Gasteiger partial charge in [0.2, 0.25) is 0 Å². The Hall–Kier alpha value is -2.34. The molecular formula is C18H20N2O3S. The highest BCUT2D eigenvalue weighted by molar-refractivity contribution is 7.90. The van der Waals surface area contributed by atoms with Gasteiger partial charge in [0.15, 0.2) is 0 Å². The second-order valence-corrected chi connectivity index (χ2v) is 8.43. The summed E-state index contributed by atoms with van der Waals surface area (Å²) in [5.74, 6) is 0.320. The van der Waals surface area contributed by atoms with Gasteiger partial charge in [0, 0.05) is 0 Å². The number of hydrogen-bond donors (Lipinski definition) is 0. The lowest BCUT2D eigenvalue weighted by Gasteiger charge is -2.21. The summed E-state index contributed by atoms with van der Waals surface area (Å²) in [7, 11) is -2.35. The number of imidazole rings is 1. The summed E-state index contributed by atoms with van der Waals surface area (Å²) in [5, 5.41) is 0. The fraction of sp³-hybridized carbons (Fsp3) is 0.278. The molecule has 6 heteroatoms. The number of methoxy groups -OCH3 is 1. The van der Waals surface area contributed by atoms with E-state index in [1.165, 1.54) is 17.4 Å². The van der Waals surface area contributed by atoms with Crippen LogP contribution in [-0.4, -0.2) is 24.5 Å². The molecule has 0 aliphatic carbocycles. The first kappa shape index (κ1) is 16.5. The Balaban J connectivity index is 2.26. The van der Waals surface area contributed by atoms with Crippen molar-refractivity contribution >= 4 is 21.1 Å². The van der Waals surface area contributed by atoms with Crippen molar-refractivity contribution in [3.8, 4) is 5.75 Å². The van der Waals surface area contributed by atoms with Gasteiger partial charge in [0.25, 0.3) is 10.0 Å². The van der Waals surface area contributed by atoms with E-state index < -0.39 is 10.0 Å². The number of nitrogens with zero attached hydrogens (tertiary/aromatic N) is 2. The lowest BCUT2D eigenvalue weighted by atomic mass is 9.87. The number of rotatable bonds is 3. The third-order valence-corrected chi connectivity index (χ3v) is 5.67. The van der Waals surface area contributed by atoms with E-state index in [-0.39, 0.29) is 10.3 Å². The van der Waals surface area contributed by atoms with E-state index in [0.29, 0.717) is 16.8 Å². The molecule has 5 nitrogen and oxygen atoms in total. The van der Waals surface area contributed by atoms with Crippen molar-refractivity contribution in [1.29, 1.82) is 0 Å². The van der Waals surface area contributed by atoms with Gasteiger partial charge in [-0.15, -0.1) is 0 Å². The summed E-state index contributed by atoms with van der Waals surface area (Å²) in [6.07, 6.45) is 1.34. The Morgan fingerprint density at radius 1 is 1.08 bits per heavy atom. The van der Waals surface area contributed by atoms with Crippen LogP contribution in [0.5, 0.6) is 5.75 Å². The van der Waals surface area contributed by atoms with Crippen LogP contribution < -0.4 is 4.74 Å². The highest BCUT2D eigenvalue weighted by atomic mass is 32.2. The van der Waals surface area contributed by atoms with E-state index in [0.717, 1.165) is 5.56 Å². The maximum atomic E-state index is 13.2. The normalized spacial score (nSPS) is 12.5. The van der Waals surface area contributed by atoms with Crippen molar-refractivity contribution < 1.29 is 13.2 Å². The molecule has 0 aliphatic heterocycles. The van der Waals surface area contributed by atoms with Crippen molar-refractivity contribution in [1.82, 2.24) is 8.96 Å². The molecular weight excluding hydrogens is 324 g/mol. The van der Waals surface area contributed by atoms with E-state index in [4.69, 9.17) is 4.74 Å². The zero-order chi connectivity index (χ0) is 17.5. The van der Waals surface area contributed by atoms with E-state index in [1.54, 1.807) is 30.3 Å². The number of fused-ring (bicyclic) bond motifs is 1. The number of para-hydroxylation sites is 2. The molecule has 0 saturated heterocycles. The predicted octanol–water partition coefficient (Wildman–Crippen LogP) is 3.58. The lowest BCUT2D eigenvalue weighted by molar-refractivity contribution is 0.401. The van der Waals surface area contributed by atoms with Gasteiger partial charge in [-0.3, -0.25) is 0 Å². The molecule has 1 heterocycles. The van der Waals surface area contributed by atoms with Gasteiger partial charge >= 0.3 is 0 Å². The Morgan fingerprint density at radius 3 is 2.46 bits per heavy atom. The van der Waals surface area contributed by atoms with Gasteiger partial charge < -0.3 is 4.74 Å². The van der Waals surface area contributed by atoms with Crippen LogP contribution in [0.4, 0.5) is 0 Å². The Bertz CT molecular complexity index is 999. The highest BCUT2D eigenvalue weighted by Gasteiger charge is 2.26. The predicted molar refractivity (Wildman–Crippen MR) is 94.0 cm³/mol. The fourth-order valence-corrected chi connectivity index (χ4v) is 4.06. The maximum Gasteiger partial charge on any atom is 0.273 e. The minimum absolute atomic E-state index is 0.139. The Kier molecular flexibility index (Phi) is 3.87. The van der Waals surface area contributed by atoms with Crippen LogP contribution >= 0.6 is 0 Å². The van der Waals surface area contributed by atoms with E-state index in [2.05, 4.69) is 4.98 Å².